The smallest absolute Gasteiger partial charge is 0.271 e. The van der Waals surface area contributed by atoms with Gasteiger partial charge in [-0.25, -0.2) is 4.98 Å². The Morgan fingerprint density at radius 3 is 2.93 bits per heavy atom. The van der Waals surface area contributed by atoms with E-state index in [0.29, 0.717) is 18.7 Å². The fraction of sp³-hybridized carbons (Fsp3) is 0.375. The lowest BCUT2D eigenvalue weighted by atomic mass is 10.2. The molecule has 0 aliphatic carbocycles. The molecule has 27 heavy (non-hydrogen) atoms. The van der Waals surface area contributed by atoms with E-state index in [0.717, 1.165) is 28.7 Å². The first kappa shape index (κ1) is 23.6. The molecule has 0 saturated carbocycles. The third-order valence-electron chi connectivity index (χ3n) is 3.71. The molecule has 1 amide bonds. The Morgan fingerprint density at radius 1 is 1.37 bits per heavy atom. The molecule has 3 rings (SSSR count). The van der Waals surface area contributed by atoms with E-state index in [-0.39, 0.29) is 36.8 Å². The van der Waals surface area contributed by atoms with Crippen LogP contribution in [0.15, 0.2) is 29.8 Å². The van der Waals surface area contributed by atoms with Crippen molar-refractivity contribution in [3.05, 3.63) is 46.3 Å². The second-order valence-corrected chi connectivity index (χ2v) is 7.39. The van der Waals surface area contributed by atoms with Crippen LogP contribution in [0.5, 0.6) is 0 Å². The molecule has 3 aromatic heterocycles. The second kappa shape index (κ2) is 11.5. The number of nitrogens with two attached hydrogens (primary N) is 1. The Morgan fingerprint density at radius 2 is 2.19 bits per heavy atom. The van der Waals surface area contributed by atoms with E-state index in [4.69, 9.17) is 5.73 Å². The first-order valence-electron chi connectivity index (χ1n) is 7.97. The number of thioether (sulfide) groups is 1. The first-order valence-corrected chi connectivity index (χ1v) is 10.2. The fourth-order valence-electron chi connectivity index (χ4n) is 2.48. The number of aromatic nitrogens is 4. The summed E-state index contributed by atoms with van der Waals surface area (Å²) < 4.78 is 1.91. The highest BCUT2D eigenvalue weighted by Crippen LogP contribution is 2.19. The summed E-state index contributed by atoms with van der Waals surface area (Å²) in [5.41, 5.74) is 6.74. The van der Waals surface area contributed by atoms with Crippen LogP contribution >= 0.6 is 47.9 Å². The van der Waals surface area contributed by atoms with Crippen LogP contribution in [0.4, 0.5) is 0 Å². The molecule has 11 heteroatoms. The highest BCUT2D eigenvalue weighted by Gasteiger charge is 2.22. The number of carbonyl (C=O) groups excluding carboxylic acids is 1. The predicted octanol–water partition coefficient (Wildman–Crippen LogP) is 2.75. The van der Waals surface area contributed by atoms with Gasteiger partial charge in [0.25, 0.3) is 5.91 Å². The Kier molecular flexibility index (Phi) is 10.0. The van der Waals surface area contributed by atoms with Gasteiger partial charge in [0.05, 0.1) is 11.0 Å². The van der Waals surface area contributed by atoms with Gasteiger partial charge in [-0.05, 0) is 37.1 Å². The number of nitrogens with one attached hydrogen (secondary N) is 1. The number of carbonyl (C=O) groups is 1. The molecular weight excluding hydrogens is 427 g/mol. The van der Waals surface area contributed by atoms with Crippen molar-refractivity contribution in [1.29, 1.82) is 0 Å². The monoisotopic (exact) mass is 448 g/mol. The van der Waals surface area contributed by atoms with Crippen molar-refractivity contribution in [2.45, 2.75) is 18.9 Å². The van der Waals surface area contributed by atoms with E-state index in [1.165, 1.54) is 11.3 Å². The maximum atomic E-state index is 12.6. The maximum absolute atomic E-state index is 12.6. The summed E-state index contributed by atoms with van der Waals surface area (Å²) in [4.78, 5) is 17.0. The van der Waals surface area contributed by atoms with Gasteiger partial charge in [0.2, 0.25) is 0 Å². The summed E-state index contributed by atoms with van der Waals surface area (Å²) in [6.07, 6.45) is 5.40. The first-order chi connectivity index (χ1) is 12.2. The van der Waals surface area contributed by atoms with Crippen LogP contribution in [0, 0.1) is 0 Å². The SMILES string of the molecule is CSCCC(NC(=O)c1csc(CCN)n1)c1nnc2ccccn12.Cl.Cl. The van der Waals surface area contributed by atoms with Crippen molar-refractivity contribution in [1.82, 2.24) is 24.9 Å². The van der Waals surface area contributed by atoms with Gasteiger partial charge < -0.3 is 11.1 Å². The quantitative estimate of drug-likeness (QED) is 0.549. The van der Waals surface area contributed by atoms with Crippen molar-refractivity contribution < 1.29 is 4.79 Å². The molecule has 0 aromatic carbocycles. The van der Waals surface area contributed by atoms with Gasteiger partial charge >= 0.3 is 0 Å². The van der Waals surface area contributed by atoms with E-state index in [1.54, 1.807) is 17.1 Å². The standard InChI is InChI=1S/C16H20N6OS2.2ClH/c1-24-9-6-11(15-21-20-13-4-2-3-8-22(13)15)19-16(23)12-10-25-14(18-12)5-7-17;;/h2-4,8,10-11H,5-7,9,17H2,1H3,(H,19,23);2*1H. The number of hydrogen-bond acceptors (Lipinski definition) is 7. The maximum Gasteiger partial charge on any atom is 0.271 e. The number of nitrogens with zero attached hydrogens (tertiary/aromatic N) is 4. The number of hydrogen-bond donors (Lipinski definition) is 2. The van der Waals surface area contributed by atoms with E-state index in [2.05, 4.69) is 20.5 Å². The van der Waals surface area contributed by atoms with Crippen molar-refractivity contribution in [2.24, 2.45) is 5.73 Å². The van der Waals surface area contributed by atoms with Gasteiger partial charge in [0, 0.05) is 18.0 Å². The number of halogens is 2. The van der Waals surface area contributed by atoms with E-state index in [9.17, 15) is 4.79 Å². The summed E-state index contributed by atoms with van der Waals surface area (Å²) in [6, 6.07) is 5.51. The Labute approximate surface area is 178 Å². The van der Waals surface area contributed by atoms with E-state index >= 15 is 0 Å². The minimum Gasteiger partial charge on any atom is -0.341 e. The third-order valence-corrected chi connectivity index (χ3v) is 5.26. The summed E-state index contributed by atoms with van der Waals surface area (Å²) in [7, 11) is 0. The van der Waals surface area contributed by atoms with Crippen LogP contribution < -0.4 is 11.1 Å². The second-order valence-electron chi connectivity index (χ2n) is 5.46. The molecular formula is C16H22Cl2N6OS2. The third kappa shape index (κ3) is 5.79. The molecule has 0 radical (unpaired) electrons. The van der Waals surface area contributed by atoms with Crippen LogP contribution in [-0.2, 0) is 6.42 Å². The largest absolute Gasteiger partial charge is 0.341 e. The number of amides is 1. The molecule has 1 unspecified atom stereocenters. The molecule has 3 heterocycles. The van der Waals surface area contributed by atoms with Gasteiger partial charge in [0.1, 0.15) is 5.69 Å². The lowest BCUT2D eigenvalue weighted by molar-refractivity contribution is 0.0929. The van der Waals surface area contributed by atoms with Crippen LogP contribution in [0.3, 0.4) is 0 Å². The summed E-state index contributed by atoms with van der Waals surface area (Å²) in [6.45, 7) is 0.524. The fourth-order valence-corrected chi connectivity index (χ4v) is 3.75. The van der Waals surface area contributed by atoms with Crippen molar-refractivity contribution >= 4 is 59.5 Å². The lowest BCUT2D eigenvalue weighted by Crippen LogP contribution is -2.30. The molecule has 0 spiro atoms. The molecule has 0 bridgehead atoms. The molecule has 0 aliphatic heterocycles. The highest BCUT2D eigenvalue weighted by molar-refractivity contribution is 7.98. The Bertz CT molecular complexity index is 856. The predicted molar refractivity (Wildman–Crippen MR) is 116 cm³/mol. The van der Waals surface area contributed by atoms with Gasteiger partial charge in [-0.1, -0.05) is 6.07 Å². The zero-order valence-corrected chi connectivity index (χ0v) is 18.0. The number of rotatable bonds is 8. The average Bonchev–Trinajstić information content (AvgIpc) is 3.26. The van der Waals surface area contributed by atoms with Crippen LogP contribution in [0.2, 0.25) is 0 Å². The lowest BCUT2D eigenvalue weighted by Gasteiger charge is -2.16. The number of fused-ring (bicyclic) bond motifs is 1. The zero-order valence-electron chi connectivity index (χ0n) is 14.7. The topological polar surface area (TPSA) is 98.2 Å². The minimum absolute atomic E-state index is 0. The van der Waals surface area contributed by atoms with E-state index < -0.39 is 0 Å². The van der Waals surface area contributed by atoms with Gasteiger partial charge in [-0.2, -0.15) is 11.8 Å². The number of thiazole rings is 1. The highest BCUT2D eigenvalue weighted by atomic mass is 35.5. The zero-order chi connectivity index (χ0) is 17.6. The van der Waals surface area contributed by atoms with Crippen LogP contribution in [0.1, 0.15) is 33.8 Å². The Balaban J connectivity index is 0.00000182. The molecule has 3 N–H and O–H groups in total. The minimum atomic E-state index is -0.225. The van der Waals surface area contributed by atoms with Crippen molar-refractivity contribution in [3.8, 4) is 0 Å². The van der Waals surface area contributed by atoms with Crippen LogP contribution in [0.25, 0.3) is 5.65 Å². The molecule has 0 saturated heterocycles. The van der Waals surface area contributed by atoms with Gasteiger partial charge in [0.15, 0.2) is 11.5 Å². The van der Waals surface area contributed by atoms with E-state index in [1.807, 2.05) is 35.1 Å². The van der Waals surface area contributed by atoms with Gasteiger partial charge in [-0.15, -0.1) is 46.3 Å². The summed E-state index contributed by atoms with van der Waals surface area (Å²) in [5, 5.41) is 14.2. The van der Waals surface area contributed by atoms with Gasteiger partial charge in [-0.3, -0.25) is 9.20 Å². The summed E-state index contributed by atoms with van der Waals surface area (Å²) >= 11 is 3.19. The molecule has 148 valence electrons. The van der Waals surface area contributed by atoms with Crippen LogP contribution in [-0.4, -0.2) is 44.0 Å². The summed E-state index contributed by atoms with van der Waals surface area (Å²) in [5.74, 6) is 1.44. The average molecular weight is 449 g/mol. The molecule has 3 aromatic rings. The number of pyridine rings is 1. The normalized spacial score (nSPS) is 11.5. The molecule has 0 aliphatic rings. The van der Waals surface area contributed by atoms with Crippen molar-refractivity contribution in [2.75, 3.05) is 18.6 Å². The molecule has 1 atom stereocenters. The Hall–Kier alpha value is -1.39. The molecule has 0 fully saturated rings. The molecule has 7 nitrogen and oxygen atoms in total. The van der Waals surface area contributed by atoms with Crippen molar-refractivity contribution in [3.63, 3.8) is 0 Å².